The number of hydrogen-bond acceptors (Lipinski definition) is 4. The van der Waals surface area contributed by atoms with Gasteiger partial charge in [0.15, 0.2) is 5.54 Å². The van der Waals surface area contributed by atoms with Crippen LogP contribution in [0.15, 0.2) is 35.4 Å². The maximum atomic E-state index is 13.8. The minimum absolute atomic E-state index is 0.179. The predicted octanol–water partition coefficient (Wildman–Crippen LogP) is 1.04. The number of carbonyl (C=O) groups excluding carboxylic acids is 2. The Kier molecular flexibility index (Phi) is 3.92. The van der Waals surface area contributed by atoms with Gasteiger partial charge in [0.05, 0.1) is 0 Å². The summed E-state index contributed by atoms with van der Waals surface area (Å²) in [5.74, 6) is 3.05. The van der Waals surface area contributed by atoms with E-state index in [0.29, 0.717) is 5.01 Å². The molecule has 0 spiro atoms. The predicted molar refractivity (Wildman–Crippen MR) is 71.1 cm³/mol. The molecule has 1 atom stereocenters. The van der Waals surface area contributed by atoms with Crippen molar-refractivity contribution in [2.75, 3.05) is 0 Å². The van der Waals surface area contributed by atoms with Gasteiger partial charge < -0.3 is 0 Å². The SMILES string of the molecule is CC(=O)N1N=C(C(=O)NN)CC1(c1ccccc1)C(F)(F)F. The van der Waals surface area contributed by atoms with Crippen LogP contribution in [0.1, 0.15) is 18.9 Å². The van der Waals surface area contributed by atoms with Gasteiger partial charge in [-0.3, -0.25) is 15.0 Å². The molecule has 3 N–H and O–H groups in total. The molecule has 0 radical (unpaired) electrons. The molecular formula is C13H13F3N4O2. The number of alkyl halides is 3. The number of nitrogens with two attached hydrogens (primary N) is 1. The van der Waals surface area contributed by atoms with Crippen LogP contribution in [0.5, 0.6) is 0 Å². The lowest BCUT2D eigenvalue weighted by Crippen LogP contribution is -2.53. The molecule has 1 aromatic rings. The van der Waals surface area contributed by atoms with Crippen molar-refractivity contribution in [3.63, 3.8) is 0 Å². The van der Waals surface area contributed by atoms with Crippen LogP contribution in [0, 0.1) is 0 Å². The molecule has 9 heteroatoms. The topological polar surface area (TPSA) is 87.8 Å². The van der Waals surface area contributed by atoms with Gasteiger partial charge in [0, 0.05) is 13.3 Å². The number of amides is 2. The molecule has 0 aromatic heterocycles. The van der Waals surface area contributed by atoms with Crippen LogP contribution in [-0.2, 0) is 15.1 Å². The van der Waals surface area contributed by atoms with E-state index in [1.807, 2.05) is 0 Å². The van der Waals surface area contributed by atoms with Gasteiger partial charge in [0.1, 0.15) is 5.71 Å². The first-order valence-electron chi connectivity index (χ1n) is 6.25. The number of rotatable bonds is 2. The number of nitrogens with one attached hydrogen (secondary N) is 1. The number of nitrogens with zero attached hydrogens (tertiary/aromatic N) is 2. The van der Waals surface area contributed by atoms with Crippen molar-refractivity contribution in [2.24, 2.45) is 10.9 Å². The van der Waals surface area contributed by atoms with Crippen molar-refractivity contribution < 1.29 is 22.8 Å². The molecule has 2 rings (SSSR count). The number of hydrogen-bond donors (Lipinski definition) is 2. The molecule has 0 bridgehead atoms. The summed E-state index contributed by atoms with van der Waals surface area (Å²) in [4.78, 5) is 23.3. The third-order valence-electron chi connectivity index (χ3n) is 3.42. The number of carbonyl (C=O) groups is 2. The third-order valence-corrected chi connectivity index (χ3v) is 3.42. The first-order chi connectivity index (χ1) is 10.2. The van der Waals surface area contributed by atoms with E-state index in [-0.39, 0.29) is 5.56 Å². The fraction of sp³-hybridized carbons (Fsp3) is 0.308. The summed E-state index contributed by atoms with van der Waals surface area (Å²) in [6, 6.07) is 6.86. The molecule has 22 heavy (non-hydrogen) atoms. The van der Waals surface area contributed by atoms with Crippen molar-refractivity contribution in [2.45, 2.75) is 25.1 Å². The largest absolute Gasteiger partial charge is 0.418 e. The Labute approximate surface area is 123 Å². The fourth-order valence-electron chi connectivity index (χ4n) is 2.43. The Hall–Kier alpha value is -2.42. The van der Waals surface area contributed by atoms with Crippen molar-refractivity contribution in [1.29, 1.82) is 0 Å². The van der Waals surface area contributed by atoms with E-state index in [9.17, 15) is 22.8 Å². The van der Waals surface area contributed by atoms with Gasteiger partial charge >= 0.3 is 6.18 Å². The van der Waals surface area contributed by atoms with Gasteiger partial charge in [-0.05, 0) is 5.56 Å². The summed E-state index contributed by atoms with van der Waals surface area (Å²) in [7, 11) is 0. The Morgan fingerprint density at radius 3 is 2.36 bits per heavy atom. The number of hydrazine groups is 1. The van der Waals surface area contributed by atoms with Gasteiger partial charge in [-0.2, -0.15) is 18.3 Å². The molecule has 2 amide bonds. The van der Waals surface area contributed by atoms with Crippen molar-refractivity contribution in [1.82, 2.24) is 10.4 Å². The van der Waals surface area contributed by atoms with Gasteiger partial charge in [0.2, 0.25) is 5.91 Å². The molecule has 1 aromatic carbocycles. The van der Waals surface area contributed by atoms with Crippen molar-refractivity contribution >= 4 is 17.5 Å². The van der Waals surface area contributed by atoms with Gasteiger partial charge in [-0.15, -0.1) is 0 Å². The van der Waals surface area contributed by atoms with Crippen molar-refractivity contribution in [3.05, 3.63) is 35.9 Å². The van der Waals surface area contributed by atoms with Crippen LogP contribution in [0.4, 0.5) is 13.2 Å². The minimum atomic E-state index is -4.83. The maximum Gasteiger partial charge on any atom is 0.418 e. The maximum absolute atomic E-state index is 13.8. The van der Waals surface area contributed by atoms with Crippen LogP contribution in [-0.4, -0.2) is 28.7 Å². The first-order valence-corrected chi connectivity index (χ1v) is 6.25. The molecule has 1 aliphatic rings. The molecule has 0 fully saturated rings. The zero-order valence-electron chi connectivity index (χ0n) is 11.5. The number of halogens is 3. The average Bonchev–Trinajstić information content (AvgIpc) is 2.89. The Bertz CT molecular complexity index is 630. The summed E-state index contributed by atoms with van der Waals surface area (Å²) in [6.45, 7) is 0.955. The van der Waals surface area contributed by atoms with E-state index in [1.54, 1.807) is 11.5 Å². The normalized spacial score (nSPS) is 21.5. The molecule has 118 valence electrons. The lowest BCUT2D eigenvalue weighted by Gasteiger charge is -2.37. The average molecular weight is 314 g/mol. The number of hydrazone groups is 1. The van der Waals surface area contributed by atoms with Crippen LogP contribution >= 0.6 is 0 Å². The standard InChI is InChI=1S/C13H13F3N4O2/c1-8(21)20-12(13(14,15)16,9-5-3-2-4-6-9)7-10(19-20)11(22)18-17/h2-6H,7,17H2,1H3,(H,18,22). The van der Waals surface area contributed by atoms with E-state index in [2.05, 4.69) is 5.10 Å². The van der Waals surface area contributed by atoms with Gasteiger partial charge in [-0.25, -0.2) is 10.9 Å². The molecule has 1 aliphatic heterocycles. The first kappa shape index (κ1) is 16.0. The zero-order chi connectivity index (χ0) is 16.5. The van der Waals surface area contributed by atoms with Gasteiger partial charge in [-0.1, -0.05) is 30.3 Å². The molecule has 1 heterocycles. The van der Waals surface area contributed by atoms with E-state index < -0.39 is 35.7 Å². The Morgan fingerprint density at radius 1 is 1.32 bits per heavy atom. The molecule has 1 unspecified atom stereocenters. The quantitative estimate of drug-likeness (QED) is 0.486. The highest BCUT2D eigenvalue weighted by molar-refractivity contribution is 6.39. The highest BCUT2D eigenvalue weighted by atomic mass is 19.4. The van der Waals surface area contributed by atoms with Crippen LogP contribution in [0.25, 0.3) is 0 Å². The van der Waals surface area contributed by atoms with Gasteiger partial charge in [0.25, 0.3) is 5.91 Å². The summed E-state index contributed by atoms with van der Waals surface area (Å²) >= 11 is 0. The summed E-state index contributed by atoms with van der Waals surface area (Å²) in [5.41, 5.74) is -1.63. The smallest absolute Gasteiger partial charge is 0.289 e. The molecule has 0 saturated heterocycles. The number of benzene rings is 1. The zero-order valence-corrected chi connectivity index (χ0v) is 11.5. The lowest BCUT2D eigenvalue weighted by molar-refractivity contribution is -0.230. The summed E-state index contributed by atoms with van der Waals surface area (Å²) in [6.07, 6.45) is -5.64. The van der Waals surface area contributed by atoms with E-state index in [4.69, 9.17) is 5.84 Å². The highest BCUT2D eigenvalue weighted by Crippen LogP contribution is 2.49. The Morgan fingerprint density at radius 2 is 1.91 bits per heavy atom. The second kappa shape index (κ2) is 5.41. The summed E-state index contributed by atoms with van der Waals surface area (Å²) in [5, 5.41) is 3.84. The fourth-order valence-corrected chi connectivity index (χ4v) is 2.43. The molecule has 0 saturated carbocycles. The van der Waals surface area contributed by atoms with Crippen molar-refractivity contribution in [3.8, 4) is 0 Å². The third kappa shape index (κ3) is 2.33. The lowest BCUT2D eigenvalue weighted by atomic mass is 9.84. The van der Waals surface area contributed by atoms with E-state index in [0.717, 1.165) is 6.92 Å². The van der Waals surface area contributed by atoms with E-state index >= 15 is 0 Å². The van der Waals surface area contributed by atoms with Crippen LogP contribution in [0.2, 0.25) is 0 Å². The monoisotopic (exact) mass is 314 g/mol. The second-order valence-electron chi connectivity index (χ2n) is 4.75. The molecular weight excluding hydrogens is 301 g/mol. The second-order valence-corrected chi connectivity index (χ2v) is 4.75. The highest BCUT2D eigenvalue weighted by Gasteiger charge is 2.64. The van der Waals surface area contributed by atoms with Crippen LogP contribution < -0.4 is 11.3 Å². The van der Waals surface area contributed by atoms with E-state index in [1.165, 1.54) is 24.3 Å². The summed E-state index contributed by atoms with van der Waals surface area (Å²) < 4.78 is 41.5. The minimum Gasteiger partial charge on any atom is -0.289 e. The molecule has 6 nitrogen and oxygen atoms in total. The molecule has 0 aliphatic carbocycles. The Balaban J connectivity index is 2.64. The van der Waals surface area contributed by atoms with Crippen LogP contribution in [0.3, 0.4) is 0 Å².